The molecule has 0 aliphatic heterocycles. The molecule has 1 N–H and O–H groups in total. The van der Waals surface area contributed by atoms with Crippen LogP contribution in [-0.4, -0.2) is 26.3 Å². The number of aromatic nitrogens is 4. The maximum Gasteiger partial charge on any atom is 0.161 e. The molecule has 2 aromatic rings. The van der Waals surface area contributed by atoms with Gasteiger partial charge >= 0.3 is 0 Å². The van der Waals surface area contributed by atoms with Crippen molar-refractivity contribution >= 4 is 22.9 Å². The Kier molecular flexibility index (Phi) is 4.73. The predicted molar refractivity (Wildman–Crippen MR) is 74.9 cm³/mol. The molecule has 0 fully saturated rings. The van der Waals surface area contributed by atoms with Crippen molar-refractivity contribution in [2.75, 3.05) is 6.54 Å². The highest BCUT2D eigenvalue weighted by atomic mass is 32.1. The normalized spacial score (nSPS) is 12.8. The van der Waals surface area contributed by atoms with Crippen LogP contribution in [0.3, 0.4) is 0 Å². The lowest BCUT2D eigenvalue weighted by Gasteiger charge is -2.06. The molecule has 0 saturated heterocycles. The first-order valence-electron chi connectivity index (χ1n) is 6.14. The number of hydrogen-bond acceptors (Lipinski definition) is 7. The molecule has 2 aromatic heterocycles. The Labute approximate surface area is 115 Å². The summed E-state index contributed by atoms with van der Waals surface area (Å²) in [7, 11) is 0. The molecule has 5 nitrogen and oxygen atoms in total. The summed E-state index contributed by atoms with van der Waals surface area (Å²) in [4.78, 5) is 1.07. The monoisotopic (exact) mass is 283 g/mol. The Morgan fingerprint density at radius 2 is 2.06 bits per heavy atom. The van der Waals surface area contributed by atoms with Crippen molar-refractivity contribution in [2.45, 2.75) is 39.7 Å². The van der Waals surface area contributed by atoms with Gasteiger partial charge in [-0.15, -0.1) is 15.3 Å². The average molecular weight is 283 g/mol. The quantitative estimate of drug-likeness (QED) is 0.883. The Hall–Kier alpha value is -0.920. The molecule has 0 radical (unpaired) electrons. The lowest BCUT2D eigenvalue weighted by atomic mass is 10.2. The predicted octanol–water partition coefficient (Wildman–Crippen LogP) is 2.68. The Morgan fingerprint density at radius 1 is 1.22 bits per heavy atom. The molecule has 18 heavy (non-hydrogen) atoms. The second-order valence-electron chi connectivity index (χ2n) is 4.02. The minimum Gasteiger partial charge on any atom is -0.308 e. The van der Waals surface area contributed by atoms with Crippen LogP contribution in [0.25, 0.3) is 9.88 Å². The number of nitrogens with zero attached hydrogens (tertiary/aromatic N) is 4. The van der Waals surface area contributed by atoms with Gasteiger partial charge in [-0.25, -0.2) is 0 Å². The van der Waals surface area contributed by atoms with E-state index in [-0.39, 0.29) is 6.04 Å². The first-order valence-corrected chi connectivity index (χ1v) is 7.73. The van der Waals surface area contributed by atoms with Gasteiger partial charge in [0, 0.05) is 0 Å². The summed E-state index contributed by atoms with van der Waals surface area (Å²) in [5, 5.41) is 18.0. The van der Waals surface area contributed by atoms with E-state index >= 15 is 0 Å². The number of rotatable bonds is 6. The van der Waals surface area contributed by atoms with Crippen LogP contribution in [0.15, 0.2) is 0 Å². The van der Waals surface area contributed by atoms with Crippen LogP contribution in [0, 0.1) is 0 Å². The van der Waals surface area contributed by atoms with Gasteiger partial charge in [0.25, 0.3) is 0 Å². The van der Waals surface area contributed by atoms with Crippen molar-refractivity contribution < 1.29 is 0 Å². The summed E-state index contributed by atoms with van der Waals surface area (Å²) in [5.41, 5.74) is 1.04. The lowest BCUT2D eigenvalue weighted by molar-refractivity contribution is 0.590. The van der Waals surface area contributed by atoms with Crippen molar-refractivity contribution in [1.82, 2.24) is 25.1 Å². The van der Waals surface area contributed by atoms with Crippen molar-refractivity contribution in [3.8, 4) is 9.88 Å². The van der Waals surface area contributed by atoms with Gasteiger partial charge in [0.2, 0.25) is 0 Å². The van der Waals surface area contributed by atoms with Gasteiger partial charge in [0.15, 0.2) is 5.01 Å². The van der Waals surface area contributed by atoms with Gasteiger partial charge in [-0.1, -0.05) is 36.1 Å². The van der Waals surface area contributed by atoms with Crippen molar-refractivity contribution in [1.29, 1.82) is 0 Å². The highest BCUT2D eigenvalue weighted by molar-refractivity contribution is 7.19. The molecule has 0 aromatic carbocycles. The zero-order chi connectivity index (χ0) is 13.0. The van der Waals surface area contributed by atoms with Crippen LogP contribution in [0.4, 0.5) is 0 Å². The van der Waals surface area contributed by atoms with Gasteiger partial charge in [0.05, 0.1) is 11.7 Å². The third-order valence-corrected chi connectivity index (χ3v) is 4.59. The van der Waals surface area contributed by atoms with E-state index in [0.717, 1.165) is 40.0 Å². The Balaban J connectivity index is 2.21. The molecule has 7 heteroatoms. The summed E-state index contributed by atoms with van der Waals surface area (Å²) >= 11 is 3.03. The molecule has 0 saturated carbocycles. The van der Waals surface area contributed by atoms with Crippen molar-refractivity contribution in [3.63, 3.8) is 0 Å². The molecular formula is C11H17N5S2. The minimum absolute atomic E-state index is 0.247. The fourth-order valence-electron chi connectivity index (χ4n) is 1.67. The van der Waals surface area contributed by atoms with Crippen LogP contribution in [0.5, 0.6) is 0 Å². The van der Waals surface area contributed by atoms with Crippen LogP contribution in [0.1, 0.15) is 43.9 Å². The zero-order valence-corrected chi connectivity index (χ0v) is 12.4. The first-order chi connectivity index (χ1) is 8.76. The summed E-state index contributed by atoms with van der Waals surface area (Å²) in [6, 6.07) is 0.247. The first kappa shape index (κ1) is 13.5. The van der Waals surface area contributed by atoms with Gasteiger partial charge in [0.1, 0.15) is 9.88 Å². The highest BCUT2D eigenvalue weighted by Gasteiger charge is 2.17. The van der Waals surface area contributed by atoms with Crippen LogP contribution in [0.2, 0.25) is 0 Å². The molecular weight excluding hydrogens is 266 g/mol. The van der Waals surface area contributed by atoms with E-state index in [0.29, 0.717) is 0 Å². The average Bonchev–Trinajstić information content (AvgIpc) is 2.97. The summed E-state index contributed by atoms with van der Waals surface area (Å²) < 4.78 is 4.02. The van der Waals surface area contributed by atoms with Gasteiger partial charge in [-0.05, 0) is 31.4 Å². The lowest BCUT2D eigenvalue weighted by Crippen LogP contribution is -2.17. The number of hydrogen-bond donors (Lipinski definition) is 1. The third kappa shape index (κ3) is 2.90. The van der Waals surface area contributed by atoms with Gasteiger partial charge in [-0.2, -0.15) is 0 Å². The molecule has 1 atom stereocenters. The SMILES string of the molecule is CCCc1nnsc1-c1nnc(C(C)NCC)s1. The van der Waals surface area contributed by atoms with Crippen LogP contribution >= 0.6 is 22.9 Å². The maximum absolute atomic E-state index is 4.26. The summed E-state index contributed by atoms with van der Waals surface area (Å²) in [5.74, 6) is 0. The largest absolute Gasteiger partial charge is 0.308 e. The molecule has 0 amide bonds. The molecule has 0 aliphatic carbocycles. The van der Waals surface area contributed by atoms with Crippen LogP contribution in [-0.2, 0) is 6.42 Å². The van der Waals surface area contributed by atoms with Crippen LogP contribution < -0.4 is 5.32 Å². The third-order valence-electron chi connectivity index (χ3n) is 2.56. The van der Waals surface area contributed by atoms with E-state index in [2.05, 4.69) is 45.9 Å². The molecule has 0 spiro atoms. The van der Waals surface area contributed by atoms with E-state index in [1.54, 1.807) is 11.3 Å². The molecule has 2 rings (SSSR count). The van der Waals surface area contributed by atoms with E-state index in [1.807, 2.05) is 0 Å². The Bertz CT molecular complexity index is 493. The fraction of sp³-hybridized carbons (Fsp3) is 0.636. The van der Waals surface area contributed by atoms with Crippen molar-refractivity contribution in [2.24, 2.45) is 0 Å². The highest BCUT2D eigenvalue weighted by Crippen LogP contribution is 2.31. The van der Waals surface area contributed by atoms with Gasteiger partial charge in [-0.3, -0.25) is 0 Å². The molecule has 2 heterocycles. The van der Waals surface area contributed by atoms with E-state index in [1.165, 1.54) is 11.5 Å². The minimum atomic E-state index is 0.247. The molecule has 0 aliphatic rings. The smallest absolute Gasteiger partial charge is 0.161 e. The van der Waals surface area contributed by atoms with E-state index in [9.17, 15) is 0 Å². The van der Waals surface area contributed by atoms with E-state index < -0.39 is 0 Å². The second kappa shape index (κ2) is 6.31. The molecule has 0 bridgehead atoms. The second-order valence-corrected chi connectivity index (χ2v) is 5.79. The zero-order valence-electron chi connectivity index (χ0n) is 10.8. The number of aryl methyl sites for hydroxylation is 1. The van der Waals surface area contributed by atoms with Crippen molar-refractivity contribution in [3.05, 3.63) is 10.7 Å². The Morgan fingerprint density at radius 3 is 2.78 bits per heavy atom. The van der Waals surface area contributed by atoms with Gasteiger partial charge < -0.3 is 5.32 Å². The number of nitrogens with one attached hydrogen (secondary N) is 1. The standard InChI is InChI=1S/C11H17N5S2/c1-4-6-8-9(18-16-13-8)11-15-14-10(17-11)7(3)12-5-2/h7,12H,4-6H2,1-3H3. The topological polar surface area (TPSA) is 63.6 Å². The maximum atomic E-state index is 4.26. The van der Waals surface area contributed by atoms with E-state index in [4.69, 9.17) is 0 Å². The molecule has 98 valence electrons. The molecule has 1 unspecified atom stereocenters. The fourth-order valence-corrected chi connectivity index (χ4v) is 3.32. The summed E-state index contributed by atoms with van der Waals surface area (Å²) in [6.45, 7) is 7.26. The summed E-state index contributed by atoms with van der Waals surface area (Å²) in [6.07, 6.45) is 2.02.